The van der Waals surface area contributed by atoms with Crippen LogP contribution in [-0.4, -0.2) is 33.5 Å². The first-order valence-electron chi connectivity index (χ1n) is 10.5. The van der Waals surface area contributed by atoms with E-state index in [1.165, 1.54) is 5.56 Å². The van der Waals surface area contributed by atoms with Gasteiger partial charge in [-0.15, -0.1) is 0 Å². The van der Waals surface area contributed by atoms with Crippen molar-refractivity contribution in [3.05, 3.63) is 95.9 Å². The minimum Gasteiger partial charge on any atom is -0.497 e. The van der Waals surface area contributed by atoms with Crippen LogP contribution < -0.4 is 4.74 Å². The Morgan fingerprint density at radius 3 is 2.52 bits per heavy atom. The van der Waals surface area contributed by atoms with Crippen LogP contribution in [0, 0.1) is 0 Å². The first-order valence-corrected chi connectivity index (χ1v) is 10.5. The molecule has 0 saturated heterocycles. The molecule has 1 aliphatic heterocycles. The van der Waals surface area contributed by atoms with Crippen molar-refractivity contribution in [3.8, 4) is 28.4 Å². The van der Waals surface area contributed by atoms with E-state index in [1.807, 2.05) is 48.7 Å². The molecule has 2 aromatic heterocycles. The molecule has 0 spiro atoms. The maximum atomic E-state index is 5.25. The number of benzene rings is 2. The van der Waals surface area contributed by atoms with Crippen LogP contribution in [0.2, 0.25) is 0 Å². The summed E-state index contributed by atoms with van der Waals surface area (Å²) in [5.74, 6) is 1.66. The molecule has 3 heterocycles. The first-order chi connectivity index (χ1) is 15.3. The summed E-state index contributed by atoms with van der Waals surface area (Å²) in [6.45, 7) is 2.62. The second-order valence-corrected chi connectivity index (χ2v) is 7.73. The molecule has 5 nitrogen and oxygen atoms in total. The number of pyridine rings is 1. The monoisotopic (exact) mass is 408 g/mol. The van der Waals surface area contributed by atoms with E-state index >= 15 is 0 Å². The Balaban J connectivity index is 1.30. The van der Waals surface area contributed by atoms with Gasteiger partial charge in [-0.05, 0) is 36.4 Å². The second kappa shape index (κ2) is 8.66. The van der Waals surface area contributed by atoms with Crippen LogP contribution >= 0.6 is 0 Å². The van der Waals surface area contributed by atoms with Gasteiger partial charge in [0.25, 0.3) is 0 Å². The van der Waals surface area contributed by atoms with Gasteiger partial charge in [0.15, 0.2) is 5.82 Å². The van der Waals surface area contributed by atoms with Crippen LogP contribution in [0.4, 0.5) is 0 Å². The molecule has 5 rings (SSSR count). The van der Waals surface area contributed by atoms with Crippen LogP contribution in [0.25, 0.3) is 22.6 Å². The van der Waals surface area contributed by atoms with Crippen molar-refractivity contribution >= 4 is 0 Å². The minimum absolute atomic E-state index is 0.807. The van der Waals surface area contributed by atoms with Gasteiger partial charge < -0.3 is 4.74 Å². The highest BCUT2D eigenvalue weighted by atomic mass is 16.5. The molecular weight excluding hydrogens is 384 g/mol. The van der Waals surface area contributed by atoms with E-state index in [4.69, 9.17) is 14.7 Å². The van der Waals surface area contributed by atoms with Gasteiger partial charge in [-0.2, -0.15) is 0 Å². The summed E-state index contributed by atoms with van der Waals surface area (Å²) in [7, 11) is 1.68. The normalized spacial score (nSPS) is 13.6. The number of aromatic nitrogens is 3. The zero-order valence-electron chi connectivity index (χ0n) is 17.5. The Hall–Kier alpha value is -3.57. The molecule has 0 fully saturated rings. The van der Waals surface area contributed by atoms with Gasteiger partial charge >= 0.3 is 0 Å². The summed E-state index contributed by atoms with van der Waals surface area (Å²) in [4.78, 5) is 16.7. The molecule has 154 valence electrons. The van der Waals surface area contributed by atoms with E-state index in [0.717, 1.165) is 65.8 Å². The molecular formula is C26H24N4O. The number of hydrogen-bond donors (Lipinski definition) is 0. The first kappa shape index (κ1) is 19.4. The predicted molar refractivity (Wildman–Crippen MR) is 122 cm³/mol. The molecule has 31 heavy (non-hydrogen) atoms. The van der Waals surface area contributed by atoms with Crippen LogP contribution in [0.5, 0.6) is 5.75 Å². The summed E-state index contributed by atoms with van der Waals surface area (Å²) in [5.41, 5.74) is 6.56. The second-order valence-electron chi connectivity index (χ2n) is 7.73. The van der Waals surface area contributed by atoms with Crippen molar-refractivity contribution in [3.63, 3.8) is 0 Å². The summed E-state index contributed by atoms with van der Waals surface area (Å²) < 4.78 is 5.25. The third kappa shape index (κ3) is 4.32. The molecule has 4 aromatic rings. The maximum absolute atomic E-state index is 5.25. The zero-order chi connectivity index (χ0) is 21.0. The van der Waals surface area contributed by atoms with E-state index in [1.54, 1.807) is 7.11 Å². The molecule has 0 atom stereocenters. The van der Waals surface area contributed by atoms with Crippen LogP contribution in [-0.2, 0) is 19.5 Å². The van der Waals surface area contributed by atoms with Gasteiger partial charge in [0.2, 0.25) is 0 Å². The lowest BCUT2D eigenvalue weighted by molar-refractivity contribution is 0.240. The largest absolute Gasteiger partial charge is 0.497 e. The average Bonchev–Trinajstić information content (AvgIpc) is 2.84. The highest BCUT2D eigenvalue weighted by Crippen LogP contribution is 2.24. The number of hydrogen-bond acceptors (Lipinski definition) is 5. The number of rotatable bonds is 5. The zero-order valence-corrected chi connectivity index (χ0v) is 17.5. The maximum Gasteiger partial charge on any atom is 0.159 e. The van der Waals surface area contributed by atoms with E-state index in [-0.39, 0.29) is 0 Å². The molecule has 2 aromatic carbocycles. The summed E-state index contributed by atoms with van der Waals surface area (Å²) in [5, 5.41) is 0. The molecule has 0 N–H and O–H groups in total. The van der Waals surface area contributed by atoms with E-state index in [9.17, 15) is 0 Å². The van der Waals surface area contributed by atoms with E-state index < -0.39 is 0 Å². The lowest BCUT2D eigenvalue weighted by Crippen LogP contribution is -2.31. The van der Waals surface area contributed by atoms with Crippen molar-refractivity contribution in [2.45, 2.75) is 19.5 Å². The number of ether oxygens (including phenoxy) is 1. The van der Waals surface area contributed by atoms with Crippen molar-refractivity contribution in [2.75, 3.05) is 13.7 Å². The fourth-order valence-electron chi connectivity index (χ4n) is 3.96. The fraction of sp³-hybridized carbons (Fsp3) is 0.192. The van der Waals surface area contributed by atoms with Crippen molar-refractivity contribution in [2.24, 2.45) is 0 Å². The Labute approximate surface area is 182 Å². The smallest absolute Gasteiger partial charge is 0.159 e. The molecule has 5 heteroatoms. The Morgan fingerprint density at radius 1 is 0.871 bits per heavy atom. The van der Waals surface area contributed by atoms with Crippen molar-refractivity contribution < 1.29 is 4.74 Å². The lowest BCUT2D eigenvalue weighted by atomic mass is 10.1. The number of nitrogens with zero attached hydrogens (tertiary/aromatic N) is 4. The Kier molecular flexibility index (Phi) is 5.42. The quantitative estimate of drug-likeness (QED) is 0.476. The molecule has 0 bridgehead atoms. The highest BCUT2D eigenvalue weighted by Gasteiger charge is 2.19. The Bertz CT molecular complexity index is 1180. The van der Waals surface area contributed by atoms with Gasteiger partial charge in [0.1, 0.15) is 5.75 Å². The van der Waals surface area contributed by atoms with Gasteiger partial charge in [-0.25, -0.2) is 9.97 Å². The third-order valence-corrected chi connectivity index (χ3v) is 5.62. The van der Waals surface area contributed by atoms with Crippen LogP contribution in [0.1, 0.15) is 17.0 Å². The summed E-state index contributed by atoms with van der Waals surface area (Å²) >= 11 is 0. The molecule has 0 amide bonds. The third-order valence-electron chi connectivity index (χ3n) is 5.62. The van der Waals surface area contributed by atoms with Crippen molar-refractivity contribution in [1.29, 1.82) is 0 Å². The highest BCUT2D eigenvalue weighted by molar-refractivity contribution is 5.60. The molecule has 1 aliphatic rings. The predicted octanol–water partition coefficient (Wildman–Crippen LogP) is 4.77. The van der Waals surface area contributed by atoms with E-state index in [0.29, 0.717) is 0 Å². The standard InChI is InChI=1S/C26H24N4O/c1-31-23-12-10-19(11-13-23)24-9-5-8-22(28-24)18-30-15-14-25-21(17-30)16-27-26(29-25)20-6-3-2-4-7-20/h2-13,16H,14-15,17-18H2,1H3. The minimum atomic E-state index is 0.807. The SMILES string of the molecule is COc1ccc(-c2cccc(CN3CCc4nc(-c5ccccc5)ncc4C3)n2)cc1. The fourth-order valence-corrected chi connectivity index (χ4v) is 3.96. The Morgan fingerprint density at radius 2 is 1.71 bits per heavy atom. The van der Waals surface area contributed by atoms with Crippen LogP contribution in [0.15, 0.2) is 79.0 Å². The van der Waals surface area contributed by atoms with Crippen LogP contribution in [0.3, 0.4) is 0 Å². The van der Waals surface area contributed by atoms with Gasteiger partial charge in [0.05, 0.1) is 24.2 Å². The van der Waals surface area contributed by atoms with Gasteiger partial charge in [-0.3, -0.25) is 9.88 Å². The number of fused-ring (bicyclic) bond motifs is 1. The molecule has 0 unspecified atom stereocenters. The topological polar surface area (TPSA) is 51.1 Å². The van der Waals surface area contributed by atoms with Gasteiger partial charge in [-0.1, -0.05) is 36.4 Å². The molecule has 0 radical (unpaired) electrons. The summed E-state index contributed by atoms with van der Waals surface area (Å²) in [6, 6.07) is 24.4. The number of methoxy groups -OCH3 is 1. The molecule has 0 aliphatic carbocycles. The van der Waals surface area contributed by atoms with Gasteiger partial charge in [0, 0.05) is 48.9 Å². The van der Waals surface area contributed by atoms with Crippen molar-refractivity contribution in [1.82, 2.24) is 19.9 Å². The lowest BCUT2D eigenvalue weighted by Gasteiger charge is -2.27. The summed E-state index contributed by atoms with van der Waals surface area (Å²) in [6.07, 6.45) is 2.91. The van der Waals surface area contributed by atoms with E-state index in [2.05, 4.69) is 40.2 Å². The molecule has 0 saturated carbocycles. The average molecular weight is 409 g/mol.